The molecule has 0 aliphatic heterocycles. The second kappa shape index (κ2) is 5.66. The summed E-state index contributed by atoms with van der Waals surface area (Å²) in [6.07, 6.45) is 13.3. The minimum Gasteiger partial charge on any atom is -0.309 e. The van der Waals surface area contributed by atoms with Crippen molar-refractivity contribution in [2.24, 2.45) is 11.8 Å². The van der Waals surface area contributed by atoms with E-state index in [4.69, 9.17) is 5.41 Å². The van der Waals surface area contributed by atoms with Crippen molar-refractivity contribution in [2.75, 3.05) is 0 Å². The molecule has 0 spiro atoms. The first-order valence-electron chi connectivity index (χ1n) is 7.05. The Morgan fingerprint density at radius 2 is 2.29 bits per heavy atom. The Morgan fingerprint density at radius 3 is 3.06 bits per heavy atom. The van der Waals surface area contributed by atoms with E-state index in [-0.39, 0.29) is 0 Å². The fraction of sp³-hybridized carbons (Fsp3) is 0.688. The molecule has 1 fully saturated rings. The first kappa shape index (κ1) is 12.6. The van der Waals surface area contributed by atoms with Gasteiger partial charge in [0.15, 0.2) is 0 Å². The molecular weight excluding hydrogens is 206 g/mol. The van der Waals surface area contributed by atoms with Gasteiger partial charge in [-0.15, -0.1) is 0 Å². The largest absolute Gasteiger partial charge is 0.309 e. The highest BCUT2D eigenvalue weighted by molar-refractivity contribution is 5.85. The quantitative estimate of drug-likeness (QED) is 0.669. The summed E-state index contributed by atoms with van der Waals surface area (Å²) in [5.41, 5.74) is 4.11. The maximum Gasteiger partial charge on any atom is 0.0126 e. The van der Waals surface area contributed by atoms with Crippen molar-refractivity contribution in [2.45, 2.75) is 58.8 Å². The van der Waals surface area contributed by atoms with Crippen molar-refractivity contribution in [1.82, 2.24) is 0 Å². The molecule has 0 amide bonds. The van der Waals surface area contributed by atoms with Gasteiger partial charge < -0.3 is 5.41 Å². The van der Waals surface area contributed by atoms with Gasteiger partial charge >= 0.3 is 0 Å². The lowest BCUT2D eigenvalue weighted by Crippen LogP contribution is -2.30. The fourth-order valence-corrected chi connectivity index (χ4v) is 3.27. The maximum absolute atomic E-state index is 8.03. The monoisotopic (exact) mass is 231 g/mol. The lowest BCUT2D eigenvalue weighted by Gasteiger charge is -2.35. The molecule has 0 saturated heterocycles. The lowest BCUT2D eigenvalue weighted by atomic mass is 9.70. The van der Waals surface area contributed by atoms with E-state index in [0.29, 0.717) is 5.92 Å². The molecule has 2 aliphatic rings. The first-order chi connectivity index (χ1) is 8.16. The van der Waals surface area contributed by atoms with E-state index in [1.54, 1.807) is 5.57 Å². The van der Waals surface area contributed by atoms with E-state index in [1.165, 1.54) is 37.7 Å². The second-order valence-corrected chi connectivity index (χ2v) is 5.91. The molecule has 0 aromatic carbocycles. The summed E-state index contributed by atoms with van der Waals surface area (Å²) in [7, 11) is 0. The number of hydrogen-bond acceptors (Lipinski definition) is 1. The Labute approximate surface area is 106 Å². The van der Waals surface area contributed by atoms with Crippen LogP contribution < -0.4 is 0 Å². The van der Waals surface area contributed by atoms with E-state index >= 15 is 0 Å². The summed E-state index contributed by atoms with van der Waals surface area (Å²) in [5, 5.41) is 8.03. The molecule has 2 atom stereocenters. The Hall–Kier alpha value is -0.850. The molecule has 0 aromatic heterocycles. The van der Waals surface area contributed by atoms with Gasteiger partial charge in [-0.2, -0.15) is 0 Å². The van der Waals surface area contributed by atoms with Crippen LogP contribution in [0.2, 0.25) is 0 Å². The molecule has 94 valence electrons. The minimum atomic E-state index is 0.593. The Balaban J connectivity index is 1.90. The van der Waals surface area contributed by atoms with Gasteiger partial charge in [-0.25, -0.2) is 0 Å². The molecule has 1 heteroatoms. The van der Waals surface area contributed by atoms with Crippen LogP contribution in [0.3, 0.4) is 0 Å². The second-order valence-electron chi connectivity index (χ2n) is 5.91. The zero-order valence-corrected chi connectivity index (χ0v) is 11.3. The van der Waals surface area contributed by atoms with E-state index in [9.17, 15) is 0 Å². The molecule has 1 saturated carbocycles. The van der Waals surface area contributed by atoms with Crippen LogP contribution in [-0.4, -0.2) is 5.71 Å². The van der Waals surface area contributed by atoms with Crippen molar-refractivity contribution >= 4 is 5.71 Å². The number of fused-ring (bicyclic) bond motifs is 1. The van der Waals surface area contributed by atoms with E-state index in [0.717, 1.165) is 24.5 Å². The van der Waals surface area contributed by atoms with E-state index < -0.39 is 0 Å². The predicted molar refractivity (Wildman–Crippen MR) is 74.5 cm³/mol. The SMILES string of the molecule is CC(C)=CCCC1=CCC2C(=N)CCCC2C1. The minimum absolute atomic E-state index is 0.593. The molecule has 1 N–H and O–H groups in total. The molecule has 0 radical (unpaired) electrons. The normalized spacial score (nSPS) is 28.4. The van der Waals surface area contributed by atoms with Crippen molar-refractivity contribution in [3.05, 3.63) is 23.3 Å². The van der Waals surface area contributed by atoms with Crippen LogP contribution in [0.4, 0.5) is 0 Å². The van der Waals surface area contributed by atoms with Crippen LogP contribution in [0.15, 0.2) is 23.3 Å². The highest BCUT2D eigenvalue weighted by atomic mass is 14.5. The molecule has 2 unspecified atom stereocenters. The first-order valence-corrected chi connectivity index (χ1v) is 7.05. The summed E-state index contributed by atoms with van der Waals surface area (Å²) in [4.78, 5) is 0. The zero-order chi connectivity index (χ0) is 12.3. The standard InChI is InChI=1S/C16H25N/c1-12(2)5-3-6-13-9-10-15-14(11-13)7-4-8-16(15)17/h5,9,14-15,17H,3-4,6-8,10-11H2,1-2H3. The van der Waals surface area contributed by atoms with Crippen LogP contribution in [-0.2, 0) is 0 Å². The maximum atomic E-state index is 8.03. The van der Waals surface area contributed by atoms with Crippen LogP contribution in [0.5, 0.6) is 0 Å². The number of allylic oxidation sites excluding steroid dienone is 4. The van der Waals surface area contributed by atoms with Gasteiger partial charge in [0.05, 0.1) is 0 Å². The summed E-state index contributed by atoms with van der Waals surface area (Å²) in [5.74, 6) is 1.39. The summed E-state index contributed by atoms with van der Waals surface area (Å²) >= 11 is 0. The van der Waals surface area contributed by atoms with Crippen molar-refractivity contribution in [3.63, 3.8) is 0 Å². The van der Waals surface area contributed by atoms with Gasteiger partial charge in [0.2, 0.25) is 0 Å². The third-order valence-electron chi connectivity index (χ3n) is 4.24. The Morgan fingerprint density at radius 1 is 1.47 bits per heavy atom. The Kier molecular flexibility index (Phi) is 4.20. The molecule has 0 aromatic rings. The average molecular weight is 231 g/mol. The molecule has 17 heavy (non-hydrogen) atoms. The molecule has 0 bridgehead atoms. The molecule has 1 nitrogen and oxygen atoms in total. The molecule has 0 heterocycles. The van der Waals surface area contributed by atoms with Gasteiger partial charge in [-0.3, -0.25) is 0 Å². The highest BCUT2D eigenvalue weighted by Crippen LogP contribution is 2.39. The topological polar surface area (TPSA) is 23.9 Å². The molecule has 2 aliphatic carbocycles. The van der Waals surface area contributed by atoms with Crippen molar-refractivity contribution in [1.29, 1.82) is 5.41 Å². The van der Waals surface area contributed by atoms with Crippen LogP contribution in [0.1, 0.15) is 58.8 Å². The highest BCUT2D eigenvalue weighted by Gasteiger charge is 2.31. The van der Waals surface area contributed by atoms with E-state index in [2.05, 4.69) is 26.0 Å². The number of nitrogens with one attached hydrogen (secondary N) is 1. The summed E-state index contributed by atoms with van der Waals surface area (Å²) in [6.45, 7) is 4.35. The smallest absolute Gasteiger partial charge is 0.0126 e. The lowest BCUT2D eigenvalue weighted by molar-refractivity contribution is 0.331. The fourth-order valence-electron chi connectivity index (χ4n) is 3.27. The third-order valence-corrected chi connectivity index (χ3v) is 4.24. The summed E-state index contributed by atoms with van der Waals surface area (Å²) < 4.78 is 0. The van der Waals surface area contributed by atoms with Gasteiger partial charge in [-0.1, -0.05) is 23.3 Å². The van der Waals surface area contributed by atoms with Gasteiger partial charge in [0, 0.05) is 11.6 Å². The van der Waals surface area contributed by atoms with Gasteiger partial charge in [0.25, 0.3) is 0 Å². The molecule has 2 rings (SSSR count). The van der Waals surface area contributed by atoms with Crippen molar-refractivity contribution in [3.8, 4) is 0 Å². The number of rotatable bonds is 3. The van der Waals surface area contributed by atoms with Crippen LogP contribution >= 0.6 is 0 Å². The van der Waals surface area contributed by atoms with Crippen LogP contribution in [0, 0.1) is 17.2 Å². The Bertz CT molecular complexity index is 345. The molecular formula is C16H25N. The predicted octanol–water partition coefficient (Wildman–Crippen LogP) is 4.89. The van der Waals surface area contributed by atoms with Gasteiger partial charge in [0.1, 0.15) is 0 Å². The number of hydrogen-bond donors (Lipinski definition) is 1. The van der Waals surface area contributed by atoms with Crippen molar-refractivity contribution < 1.29 is 0 Å². The average Bonchev–Trinajstić information content (AvgIpc) is 2.29. The van der Waals surface area contributed by atoms with Gasteiger partial charge in [-0.05, 0) is 64.7 Å². The third kappa shape index (κ3) is 3.31. The van der Waals surface area contributed by atoms with E-state index in [1.807, 2.05) is 0 Å². The summed E-state index contributed by atoms with van der Waals surface area (Å²) in [6, 6.07) is 0. The van der Waals surface area contributed by atoms with Crippen LogP contribution in [0.25, 0.3) is 0 Å². The zero-order valence-electron chi connectivity index (χ0n) is 11.3.